The van der Waals surface area contributed by atoms with Gasteiger partial charge in [0.2, 0.25) is 0 Å². The van der Waals surface area contributed by atoms with Crippen molar-refractivity contribution < 1.29 is 24.9 Å². The maximum absolute atomic E-state index is 12.0. The number of carboxylic acids is 1. The quantitative estimate of drug-likeness (QED) is 0.267. The van der Waals surface area contributed by atoms with Gasteiger partial charge in [0, 0.05) is 18.8 Å². The molecule has 0 aliphatic heterocycles. The molecule has 5 nitrogen and oxygen atoms in total. The Morgan fingerprint density at radius 1 is 1.17 bits per heavy atom. The molecule has 0 bridgehead atoms. The van der Waals surface area contributed by atoms with Crippen LogP contribution < -0.4 is 0 Å². The fourth-order valence-electron chi connectivity index (χ4n) is 4.19. The van der Waals surface area contributed by atoms with Crippen molar-refractivity contribution in [2.75, 3.05) is 0 Å². The normalized spacial score (nSPS) is 21.7. The third-order valence-corrected chi connectivity index (χ3v) is 5.86. The highest BCUT2D eigenvalue weighted by Gasteiger charge is 2.33. The summed E-state index contributed by atoms with van der Waals surface area (Å²) in [6.07, 6.45) is 11.3. The molecule has 1 aliphatic carbocycles. The van der Waals surface area contributed by atoms with Crippen LogP contribution in [0.5, 0.6) is 0 Å². The molecule has 5 heteroatoms. The molecule has 0 amide bonds. The van der Waals surface area contributed by atoms with Crippen LogP contribution in [0.3, 0.4) is 0 Å². The molecule has 0 aromatic carbocycles. The van der Waals surface area contributed by atoms with Gasteiger partial charge in [0.1, 0.15) is 0 Å². The first kappa shape index (κ1) is 25.6. The molecule has 166 valence electrons. The number of ketones is 1. The number of Topliss-reactive ketones (excluding diaryl/α,β-unsaturated/α-hetero) is 1. The van der Waals surface area contributed by atoms with Gasteiger partial charge >= 0.3 is 5.97 Å². The fraction of sp³-hybridized carbons (Fsp3) is 0.750. The summed E-state index contributed by atoms with van der Waals surface area (Å²) in [5, 5.41) is 29.5. The Morgan fingerprint density at radius 2 is 1.86 bits per heavy atom. The van der Waals surface area contributed by atoms with E-state index in [9.17, 15) is 19.8 Å². The predicted octanol–water partition coefficient (Wildman–Crippen LogP) is 4.81. The number of carboxylic acid groups (broad SMARTS) is 1. The monoisotopic (exact) mass is 408 g/mol. The van der Waals surface area contributed by atoms with Gasteiger partial charge in [-0.2, -0.15) is 0 Å². The zero-order valence-corrected chi connectivity index (χ0v) is 18.4. The van der Waals surface area contributed by atoms with E-state index < -0.39 is 18.2 Å². The Kier molecular flexibility index (Phi) is 12.1. The Labute approximate surface area is 175 Å². The molecule has 0 fully saturated rings. The molecule has 0 aromatic rings. The van der Waals surface area contributed by atoms with Crippen molar-refractivity contribution in [2.24, 2.45) is 11.8 Å². The second-order valence-electron chi connectivity index (χ2n) is 8.60. The van der Waals surface area contributed by atoms with Gasteiger partial charge in [-0.15, -0.1) is 0 Å². The molecule has 0 aromatic heterocycles. The summed E-state index contributed by atoms with van der Waals surface area (Å²) < 4.78 is 0. The molecule has 1 aliphatic rings. The number of hydrogen-bond acceptors (Lipinski definition) is 4. The van der Waals surface area contributed by atoms with Crippen molar-refractivity contribution in [3.63, 3.8) is 0 Å². The average molecular weight is 409 g/mol. The Balaban J connectivity index is 2.65. The van der Waals surface area contributed by atoms with Crippen molar-refractivity contribution >= 4 is 11.8 Å². The molecule has 0 radical (unpaired) electrons. The highest BCUT2D eigenvalue weighted by atomic mass is 16.4. The predicted molar refractivity (Wildman–Crippen MR) is 116 cm³/mol. The van der Waals surface area contributed by atoms with Gasteiger partial charge < -0.3 is 15.3 Å². The lowest BCUT2D eigenvalue weighted by Gasteiger charge is -2.17. The summed E-state index contributed by atoms with van der Waals surface area (Å²) in [5.41, 5.74) is 1.72. The molecular formula is C24H40O5. The van der Waals surface area contributed by atoms with Gasteiger partial charge in [-0.25, -0.2) is 0 Å². The van der Waals surface area contributed by atoms with Gasteiger partial charge in [-0.05, 0) is 44.1 Å². The maximum atomic E-state index is 12.0. The standard InChI is InChI=1S/C24H40O5/c1-4-5-10-17(2)15-19(26)13-14-21-20(22(18(3)25)16-23(21)27)11-8-6-7-9-12-24(28)29/h13-14,17,19,21,23,26-27H,4-12,15-16H2,1-3H3,(H,28,29)/t17-,19-,21-,23-/m1/s1. The summed E-state index contributed by atoms with van der Waals surface area (Å²) in [7, 11) is 0. The minimum absolute atomic E-state index is 0.00886. The summed E-state index contributed by atoms with van der Waals surface area (Å²) in [5.74, 6) is -0.516. The molecular weight excluding hydrogens is 368 g/mol. The molecule has 29 heavy (non-hydrogen) atoms. The van der Waals surface area contributed by atoms with E-state index in [0.29, 0.717) is 25.2 Å². The fourth-order valence-corrected chi connectivity index (χ4v) is 4.19. The lowest BCUT2D eigenvalue weighted by Crippen LogP contribution is -2.16. The number of carbonyl (C=O) groups is 2. The number of hydrogen-bond donors (Lipinski definition) is 3. The molecule has 0 spiro atoms. The summed E-state index contributed by atoms with van der Waals surface area (Å²) in [6.45, 7) is 5.86. The summed E-state index contributed by atoms with van der Waals surface area (Å²) in [4.78, 5) is 22.6. The van der Waals surface area contributed by atoms with Gasteiger partial charge in [0.25, 0.3) is 0 Å². The van der Waals surface area contributed by atoms with E-state index in [-0.39, 0.29) is 18.1 Å². The van der Waals surface area contributed by atoms with Gasteiger partial charge in [-0.3, -0.25) is 9.59 Å². The zero-order valence-electron chi connectivity index (χ0n) is 18.4. The summed E-state index contributed by atoms with van der Waals surface area (Å²) in [6, 6.07) is 0. The van der Waals surface area contributed by atoms with Crippen molar-refractivity contribution in [1.82, 2.24) is 0 Å². The van der Waals surface area contributed by atoms with E-state index in [0.717, 1.165) is 49.7 Å². The minimum Gasteiger partial charge on any atom is -0.481 e. The lowest BCUT2D eigenvalue weighted by molar-refractivity contribution is -0.137. The van der Waals surface area contributed by atoms with Crippen LogP contribution in [0.15, 0.2) is 23.3 Å². The molecule has 0 saturated heterocycles. The molecule has 4 atom stereocenters. The van der Waals surface area contributed by atoms with E-state index in [1.54, 1.807) is 13.0 Å². The number of rotatable bonds is 15. The highest BCUT2D eigenvalue weighted by Crippen LogP contribution is 2.37. The van der Waals surface area contributed by atoms with Crippen LogP contribution in [0.1, 0.15) is 91.4 Å². The number of aliphatic carboxylic acids is 1. The number of unbranched alkanes of at least 4 members (excludes halogenated alkanes) is 4. The van der Waals surface area contributed by atoms with Crippen molar-refractivity contribution in [3.8, 4) is 0 Å². The van der Waals surface area contributed by atoms with E-state index in [1.165, 1.54) is 6.42 Å². The van der Waals surface area contributed by atoms with Crippen molar-refractivity contribution in [1.29, 1.82) is 0 Å². The number of aliphatic hydroxyl groups excluding tert-OH is 2. The van der Waals surface area contributed by atoms with Gasteiger partial charge in [-0.1, -0.05) is 63.7 Å². The van der Waals surface area contributed by atoms with Crippen LogP contribution in [-0.4, -0.2) is 39.3 Å². The molecule has 1 rings (SSSR count). The molecule has 0 unspecified atom stereocenters. The van der Waals surface area contributed by atoms with E-state index in [2.05, 4.69) is 13.8 Å². The van der Waals surface area contributed by atoms with E-state index >= 15 is 0 Å². The van der Waals surface area contributed by atoms with Crippen molar-refractivity contribution in [2.45, 2.75) is 104 Å². The van der Waals surface area contributed by atoms with E-state index in [1.807, 2.05) is 6.08 Å². The number of aliphatic hydroxyl groups is 2. The Hall–Kier alpha value is -1.46. The Bertz CT molecular complexity index is 578. The third-order valence-electron chi connectivity index (χ3n) is 5.86. The topological polar surface area (TPSA) is 94.8 Å². The molecule has 3 N–H and O–H groups in total. The first-order chi connectivity index (χ1) is 13.8. The minimum atomic E-state index is -0.765. The van der Waals surface area contributed by atoms with E-state index in [4.69, 9.17) is 5.11 Å². The molecule has 0 saturated carbocycles. The first-order valence-corrected chi connectivity index (χ1v) is 11.2. The van der Waals surface area contributed by atoms with Crippen LogP contribution >= 0.6 is 0 Å². The second-order valence-corrected chi connectivity index (χ2v) is 8.60. The van der Waals surface area contributed by atoms with Crippen molar-refractivity contribution in [3.05, 3.63) is 23.3 Å². The third kappa shape index (κ3) is 9.72. The Morgan fingerprint density at radius 3 is 2.48 bits per heavy atom. The van der Waals surface area contributed by atoms with Gasteiger partial charge in [0.15, 0.2) is 5.78 Å². The average Bonchev–Trinajstić information content (AvgIpc) is 2.96. The number of carbonyl (C=O) groups excluding carboxylic acids is 1. The molecule has 0 heterocycles. The zero-order chi connectivity index (χ0) is 21.8. The van der Waals surface area contributed by atoms with Crippen LogP contribution in [0, 0.1) is 11.8 Å². The van der Waals surface area contributed by atoms with Crippen LogP contribution in [0.4, 0.5) is 0 Å². The van der Waals surface area contributed by atoms with Crippen LogP contribution in [0.25, 0.3) is 0 Å². The smallest absolute Gasteiger partial charge is 0.303 e. The summed E-state index contributed by atoms with van der Waals surface area (Å²) >= 11 is 0. The SMILES string of the molecule is CCCC[C@@H](C)C[C@H](O)C=C[C@@H]1C(CCCCCCC(=O)O)=C(C(C)=O)C[C@H]1O. The largest absolute Gasteiger partial charge is 0.481 e. The van der Waals surface area contributed by atoms with Gasteiger partial charge in [0.05, 0.1) is 12.2 Å². The highest BCUT2D eigenvalue weighted by molar-refractivity contribution is 5.95. The van der Waals surface area contributed by atoms with Crippen LogP contribution in [-0.2, 0) is 9.59 Å². The second kappa shape index (κ2) is 13.7. The van der Waals surface area contributed by atoms with Crippen LogP contribution in [0.2, 0.25) is 0 Å². The lowest BCUT2D eigenvalue weighted by atomic mass is 9.91. The first-order valence-electron chi connectivity index (χ1n) is 11.2. The maximum Gasteiger partial charge on any atom is 0.303 e.